The van der Waals surface area contributed by atoms with E-state index < -0.39 is 0 Å². The van der Waals surface area contributed by atoms with E-state index in [0.29, 0.717) is 5.78 Å². The lowest BCUT2D eigenvalue weighted by molar-refractivity contribution is -0.115. The predicted molar refractivity (Wildman–Crippen MR) is 51.1 cm³/mol. The van der Waals surface area contributed by atoms with Gasteiger partial charge in [-0.05, 0) is 24.8 Å². The molecule has 1 aliphatic rings. The molecule has 0 unspecified atom stereocenters. The Morgan fingerprint density at radius 1 is 1.33 bits per heavy atom. The van der Waals surface area contributed by atoms with Gasteiger partial charge in [-0.3, -0.25) is 4.79 Å². The van der Waals surface area contributed by atoms with Crippen molar-refractivity contribution >= 4 is 5.78 Å². The van der Waals surface area contributed by atoms with E-state index in [1.807, 2.05) is 0 Å². The number of Topliss-reactive ketones (excluding diaryl/α,β-unsaturated/α-hetero) is 1. The standard InChI is InChI=1S/C11H18O/c1-2-3-4-5-7-10-8-6-9-11(10)12/h8H,2-7,9H2,1H3. The van der Waals surface area contributed by atoms with Gasteiger partial charge in [-0.2, -0.15) is 0 Å². The molecule has 0 saturated carbocycles. The summed E-state index contributed by atoms with van der Waals surface area (Å²) >= 11 is 0. The minimum atomic E-state index is 0.395. The largest absolute Gasteiger partial charge is 0.295 e. The van der Waals surface area contributed by atoms with Crippen LogP contribution in [0.25, 0.3) is 0 Å². The number of carbonyl (C=O) groups excluding carboxylic acids is 1. The Morgan fingerprint density at radius 2 is 2.17 bits per heavy atom. The van der Waals surface area contributed by atoms with E-state index in [1.165, 1.54) is 25.7 Å². The van der Waals surface area contributed by atoms with Crippen molar-refractivity contribution in [3.63, 3.8) is 0 Å². The van der Waals surface area contributed by atoms with E-state index in [9.17, 15) is 4.79 Å². The van der Waals surface area contributed by atoms with Crippen LogP contribution in [-0.4, -0.2) is 5.78 Å². The highest BCUT2D eigenvalue weighted by Crippen LogP contribution is 2.19. The molecule has 1 nitrogen and oxygen atoms in total. The predicted octanol–water partition coefficient (Wildman–Crippen LogP) is 3.25. The number of rotatable bonds is 5. The van der Waals surface area contributed by atoms with Gasteiger partial charge in [0.05, 0.1) is 0 Å². The minimum Gasteiger partial charge on any atom is -0.295 e. The van der Waals surface area contributed by atoms with Crippen LogP contribution >= 0.6 is 0 Å². The molecule has 68 valence electrons. The van der Waals surface area contributed by atoms with E-state index in [0.717, 1.165) is 24.8 Å². The van der Waals surface area contributed by atoms with Crippen molar-refractivity contribution in [1.29, 1.82) is 0 Å². The monoisotopic (exact) mass is 166 g/mol. The van der Waals surface area contributed by atoms with Crippen LogP contribution in [0.2, 0.25) is 0 Å². The first kappa shape index (κ1) is 9.50. The summed E-state index contributed by atoms with van der Waals surface area (Å²) in [6.45, 7) is 2.21. The molecule has 0 fully saturated rings. The summed E-state index contributed by atoms with van der Waals surface area (Å²) in [5.41, 5.74) is 1.10. The van der Waals surface area contributed by atoms with Gasteiger partial charge in [-0.25, -0.2) is 0 Å². The maximum absolute atomic E-state index is 11.2. The second-order valence-electron chi connectivity index (χ2n) is 3.50. The molecule has 0 spiro atoms. The molecule has 0 aromatic heterocycles. The Bertz CT molecular complexity index is 179. The Morgan fingerprint density at radius 3 is 2.75 bits per heavy atom. The van der Waals surface area contributed by atoms with Gasteiger partial charge in [0.15, 0.2) is 5.78 Å². The molecule has 0 heterocycles. The van der Waals surface area contributed by atoms with E-state index in [4.69, 9.17) is 0 Å². The SMILES string of the molecule is CCCCCCC1=CCCC1=O. The fourth-order valence-corrected chi connectivity index (χ4v) is 1.64. The van der Waals surface area contributed by atoms with Crippen LogP contribution < -0.4 is 0 Å². The zero-order valence-corrected chi connectivity index (χ0v) is 7.94. The molecule has 12 heavy (non-hydrogen) atoms. The molecule has 0 atom stereocenters. The third kappa shape index (κ3) is 2.80. The second-order valence-corrected chi connectivity index (χ2v) is 3.50. The highest BCUT2D eigenvalue weighted by atomic mass is 16.1. The fourth-order valence-electron chi connectivity index (χ4n) is 1.64. The second kappa shape index (κ2) is 5.13. The van der Waals surface area contributed by atoms with E-state index in [2.05, 4.69) is 13.0 Å². The maximum Gasteiger partial charge on any atom is 0.158 e. The zero-order valence-electron chi connectivity index (χ0n) is 7.94. The molecule has 1 rings (SSSR count). The average Bonchev–Trinajstić information content (AvgIpc) is 2.46. The first-order valence-corrected chi connectivity index (χ1v) is 5.07. The van der Waals surface area contributed by atoms with Crippen molar-refractivity contribution in [1.82, 2.24) is 0 Å². The van der Waals surface area contributed by atoms with E-state index >= 15 is 0 Å². The number of ketones is 1. The van der Waals surface area contributed by atoms with Crippen molar-refractivity contribution in [2.45, 2.75) is 51.9 Å². The molecule has 0 saturated heterocycles. The van der Waals surface area contributed by atoms with Gasteiger partial charge in [0.2, 0.25) is 0 Å². The van der Waals surface area contributed by atoms with Crippen LogP contribution in [0, 0.1) is 0 Å². The Hall–Kier alpha value is -0.590. The van der Waals surface area contributed by atoms with Gasteiger partial charge in [0.1, 0.15) is 0 Å². The maximum atomic E-state index is 11.2. The van der Waals surface area contributed by atoms with Gasteiger partial charge in [-0.15, -0.1) is 0 Å². The van der Waals surface area contributed by atoms with Crippen LogP contribution in [0.5, 0.6) is 0 Å². The van der Waals surface area contributed by atoms with Crippen molar-refractivity contribution in [3.05, 3.63) is 11.6 Å². The molecular weight excluding hydrogens is 148 g/mol. The number of allylic oxidation sites excluding steroid dienone is 2. The van der Waals surface area contributed by atoms with Crippen molar-refractivity contribution < 1.29 is 4.79 Å². The van der Waals surface area contributed by atoms with Gasteiger partial charge in [-0.1, -0.05) is 32.3 Å². The number of carbonyl (C=O) groups is 1. The molecule has 0 bridgehead atoms. The van der Waals surface area contributed by atoms with Gasteiger partial charge < -0.3 is 0 Å². The minimum absolute atomic E-state index is 0.395. The molecule has 0 aromatic carbocycles. The number of hydrogen-bond donors (Lipinski definition) is 0. The quantitative estimate of drug-likeness (QED) is 0.573. The molecule has 1 heteroatoms. The van der Waals surface area contributed by atoms with Crippen LogP contribution in [0.1, 0.15) is 51.9 Å². The van der Waals surface area contributed by atoms with Crippen LogP contribution in [-0.2, 0) is 4.79 Å². The topological polar surface area (TPSA) is 17.1 Å². The molecule has 0 aliphatic heterocycles. The summed E-state index contributed by atoms with van der Waals surface area (Å²) < 4.78 is 0. The van der Waals surface area contributed by atoms with Crippen molar-refractivity contribution in [2.75, 3.05) is 0 Å². The van der Waals surface area contributed by atoms with Crippen LogP contribution in [0.3, 0.4) is 0 Å². The third-order valence-corrected chi connectivity index (χ3v) is 2.42. The highest BCUT2D eigenvalue weighted by Gasteiger charge is 2.13. The Labute approximate surface area is 74.9 Å². The lowest BCUT2D eigenvalue weighted by atomic mass is 10.1. The summed E-state index contributed by atoms with van der Waals surface area (Å²) in [4.78, 5) is 11.2. The van der Waals surface area contributed by atoms with Gasteiger partial charge >= 0.3 is 0 Å². The molecule has 0 radical (unpaired) electrons. The van der Waals surface area contributed by atoms with E-state index in [1.54, 1.807) is 0 Å². The zero-order chi connectivity index (χ0) is 8.81. The first-order valence-electron chi connectivity index (χ1n) is 5.07. The molecular formula is C11H18O. The molecule has 0 N–H and O–H groups in total. The smallest absolute Gasteiger partial charge is 0.158 e. The lowest BCUT2D eigenvalue weighted by Gasteiger charge is -1.99. The fraction of sp³-hybridized carbons (Fsp3) is 0.727. The summed E-state index contributed by atoms with van der Waals surface area (Å²) in [7, 11) is 0. The summed E-state index contributed by atoms with van der Waals surface area (Å²) in [5.74, 6) is 0.395. The first-order chi connectivity index (χ1) is 5.84. The lowest BCUT2D eigenvalue weighted by Crippen LogP contribution is -1.95. The summed E-state index contributed by atoms with van der Waals surface area (Å²) in [6, 6.07) is 0. The normalized spacial score (nSPS) is 16.8. The average molecular weight is 166 g/mol. The number of unbranched alkanes of at least 4 members (excludes halogenated alkanes) is 3. The van der Waals surface area contributed by atoms with E-state index in [-0.39, 0.29) is 0 Å². The summed E-state index contributed by atoms with van der Waals surface area (Å²) in [6.07, 6.45) is 9.96. The van der Waals surface area contributed by atoms with Crippen LogP contribution in [0.4, 0.5) is 0 Å². The highest BCUT2D eigenvalue weighted by molar-refractivity contribution is 5.97. The Kier molecular flexibility index (Phi) is 4.06. The molecule has 0 amide bonds. The van der Waals surface area contributed by atoms with Gasteiger partial charge in [0.25, 0.3) is 0 Å². The molecule has 1 aliphatic carbocycles. The van der Waals surface area contributed by atoms with Crippen molar-refractivity contribution in [3.8, 4) is 0 Å². The third-order valence-electron chi connectivity index (χ3n) is 2.42. The molecule has 0 aromatic rings. The van der Waals surface area contributed by atoms with Gasteiger partial charge in [0, 0.05) is 6.42 Å². The Balaban J connectivity index is 2.10. The van der Waals surface area contributed by atoms with Crippen molar-refractivity contribution in [2.24, 2.45) is 0 Å². The summed E-state index contributed by atoms with van der Waals surface area (Å²) in [5, 5.41) is 0. The van der Waals surface area contributed by atoms with Crippen LogP contribution in [0.15, 0.2) is 11.6 Å². The number of hydrogen-bond acceptors (Lipinski definition) is 1.